The molecule has 0 heterocycles. The molecule has 9 nitrogen and oxygen atoms in total. The van der Waals surface area contributed by atoms with Crippen LogP contribution in [0.4, 0.5) is 0 Å². The maximum atomic E-state index is 12.7. The highest BCUT2D eigenvalue weighted by Gasteiger charge is 2.26. The van der Waals surface area contributed by atoms with Gasteiger partial charge in [0.15, 0.2) is 6.10 Å². The summed E-state index contributed by atoms with van der Waals surface area (Å²) in [5.41, 5.74) is 5.38. The molecule has 2 unspecified atom stereocenters. The smallest absolute Gasteiger partial charge is 0.462 e. The van der Waals surface area contributed by atoms with Crippen LogP contribution in [0.15, 0.2) is 122 Å². The van der Waals surface area contributed by atoms with Gasteiger partial charge in [-0.15, -0.1) is 0 Å². The molecule has 0 aliphatic carbocycles. The highest BCUT2D eigenvalue weighted by atomic mass is 31.2. The average Bonchev–Trinajstić information content (AvgIpc) is 3.40. The van der Waals surface area contributed by atoms with Crippen molar-refractivity contribution in [3.8, 4) is 0 Å². The van der Waals surface area contributed by atoms with E-state index in [0.717, 1.165) is 109 Å². The highest BCUT2D eigenvalue weighted by Crippen LogP contribution is 2.43. The normalized spacial score (nSPS) is 13.9. The summed E-state index contributed by atoms with van der Waals surface area (Å²) in [6, 6.07) is 0. The van der Waals surface area contributed by atoms with Gasteiger partial charge in [0, 0.05) is 19.4 Å². The number of carbonyl (C=O) groups excluding carboxylic acids is 2. The first-order valence-corrected chi connectivity index (χ1v) is 31.5. The number of allylic oxidation sites excluding steroid dienone is 20. The third-order valence-corrected chi connectivity index (χ3v) is 13.3. The summed E-state index contributed by atoms with van der Waals surface area (Å²) in [6.07, 6.45) is 82.7. The van der Waals surface area contributed by atoms with E-state index in [4.69, 9.17) is 24.3 Å². The highest BCUT2D eigenvalue weighted by molar-refractivity contribution is 7.47. The molecular weight excluding hydrogens is 954 g/mol. The van der Waals surface area contributed by atoms with Gasteiger partial charge in [0.05, 0.1) is 13.2 Å². The number of nitrogens with two attached hydrogens (primary N) is 1. The van der Waals surface area contributed by atoms with E-state index in [1.165, 1.54) is 96.3 Å². The number of carbonyl (C=O) groups is 2. The molecule has 2 atom stereocenters. The maximum Gasteiger partial charge on any atom is 0.472 e. The van der Waals surface area contributed by atoms with Gasteiger partial charge in [-0.05, 0) is 109 Å². The summed E-state index contributed by atoms with van der Waals surface area (Å²) in [7, 11) is -4.39. The second-order valence-electron chi connectivity index (χ2n) is 19.5. The van der Waals surface area contributed by atoms with Crippen LogP contribution in [0.1, 0.15) is 245 Å². The van der Waals surface area contributed by atoms with Gasteiger partial charge in [0.2, 0.25) is 0 Å². The van der Waals surface area contributed by atoms with E-state index in [2.05, 4.69) is 135 Å². The third-order valence-electron chi connectivity index (χ3n) is 12.3. The minimum absolute atomic E-state index is 0.0470. The molecule has 0 rings (SSSR count). The SMILES string of the molecule is CC/C=C\C/C=C\C/C=C\C/C=C\C/C=C\C/C=C\C/C=C\C/C=C\CCCCCCCCCCCCCCCCC(=O)OC(COC(=O)CCCCCCC/C=C\C/C=C\CCCCC)COP(=O)(O)OCCN. The third kappa shape index (κ3) is 59.5. The second kappa shape index (κ2) is 59.7. The Kier molecular flexibility index (Phi) is 56.8. The van der Waals surface area contributed by atoms with Crippen LogP contribution >= 0.6 is 7.82 Å². The van der Waals surface area contributed by atoms with Gasteiger partial charge >= 0.3 is 19.8 Å². The van der Waals surface area contributed by atoms with Crippen LogP contribution in [-0.2, 0) is 32.7 Å². The summed E-state index contributed by atoms with van der Waals surface area (Å²) in [5.74, 6) is -0.847. The van der Waals surface area contributed by atoms with Crippen molar-refractivity contribution in [2.45, 2.75) is 251 Å². The molecule has 0 spiro atoms. The molecular formula is C65H110NO8P. The van der Waals surface area contributed by atoms with E-state index in [1.54, 1.807) is 0 Å². The lowest BCUT2D eigenvalue weighted by Crippen LogP contribution is -2.29. The van der Waals surface area contributed by atoms with E-state index in [1.807, 2.05) is 0 Å². The number of hydrogen-bond acceptors (Lipinski definition) is 8. The number of phosphoric acid groups is 1. The van der Waals surface area contributed by atoms with Gasteiger partial charge < -0.3 is 20.1 Å². The zero-order valence-corrected chi connectivity index (χ0v) is 48.6. The number of phosphoric ester groups is 1. The maximum absolute atomic E-state index is 12.7. The second-order valence-corrected chi connectivity index (χ2v) is 20.9. The van der Waals surface area contributed by atoms with Crippen molar-refractivity contribution in [2.75, 3.05) is 26.4 Å². The Morgan fingerprint density at radius 2 is 0.733 bits per heavy atom. The molecule has 0 aromatic carbocycles. The van der Waals surface area contributed by atoms with Gasteiger partial charge in [-0.25, -0.2) is 4.57 Å². The first-order valence-electron chi connectivity index (χ1n) is 30.0. The molecule has 0 aliphatic rings. The lowest BCUT2D eigenvalue weighted by molar-refractivity contribution is -0.161. The van der Waals surface area contributed by atoms with Gasteiger partial charge in [0.25, 0.3) is 0 Å². The Morgan fingerprint density at radius 3 is 1.09 bits per heavy atom. The van der Waals surface area contributed by atoms with Crippen molar-refractivity contribution in [1.29, 1.82) is 0 Å². The number of unbranched alkanes of at least 4 members (excludes halogenated alkanes) is 22. The summed E-state index contributed by atoms with van der Waals surface area (Å²) in [4.78, 5) is 35.1. The van der Waals surface area contributed by atoms with Crippen LogP contribution in [-0.4, -0.2) is 49.3 Å². The van der Waals surface area contributed by atoms with Crippen LogP contribution in [0.2, 0.25) is 0 Å². The molecule has 0 aliphatic heterocycles. The van der Waals surface area contributed by atoms with Crippen LogP contribution in [0.5, 0.6) is 0 Å². The van der Waals surface area contributed by atoms with E-state index in [9.17, 15) is 19.0 Å². The minimum atomic E-state index is -4.39. The van der Waals surface area contributed by atoms with E-state index in [-0.39, 0.29) is 32.6 Å². The average molecular weight is 1060 g/mol. The predicted octanol–water partition coefficient (Wildman–Crippen LogP) is 19.2. The molecule has 0 amide bonds. The molecule has 0 bridgehead atoms. The lowest BCUT2D eigenvalue weighted by Gasteiger charge is -2.19. The van der Waals surface area contributed by atoms with E-state index >= 15 is 0 Å². The van der Waals surface area contributed by atoms with Crippen molar-refractivity contribution in [2.24, 2.45) is 5.73 Å². The summed E-state index contributed by atoms with van der Waals surface area (Å²) in [5, 5.41) is 0. The lowest BCUT2D eigenvalue weighted by atomic mass is 10.0. The minimum Gasteiger partial charge on any atom is -0.462 e. The largest absolute Gasteiger partial charge is 0.472 e. The molecule has 0 saturated carbocycles. The van der Waals surface area contributed by atoms with Crippen LogP contribution in [0, 0.1) is 0 Å². The van der Waals surface area contributed by atoms with Crippen molar-refractivity contribution in [1.82, 2.24) is 0 Å². The molecule has 0 fully saturated rings. The molecule has 75 heavy (non-hydrogen) atoms. The Balaban J connectivity index is 3.91. The van der Waals surface area contributed by atoms with E-state index in [0.29, 0.717) is 12.8 Å². The van der Waals surface area contributed by atoms with Crippen molar-refractivity contribution < 1.29 is 37.6 Å². The first kappa shape index (κ1) is 71.4. The van der Waals surface area contributed by atoms with Crippen LogP contribution in [0.25, 0.3) is 0 Å². The van der Waals surface area contributed by atoms with Crippen LogP contribution < -0.4 is 5.73 Å². The van der Waals surface area contributed by atoms with Crippen molar-refractivity contribution in [3.05, 3.63) is 122 Å². The molecule has 10 heteroatoms. The summed E-state index contributed by atoms with van der Waals surface area (Å²) < 4.78 is 33.0. The quantitative estimate of drug-likeness (QED) is 0.0264. The number of rotatable bonds is 55. The zero-order valence-electron chi connectivity index (χ0n) is 47.7. The number of esters is 2. The zero-order chi connectivity index (χ0) is 54.5. The standard InChI is InChI=1S/C65H110NO8P/c1-3-5-7-9-11-13-15-17-19-20-21-22-23-24-25-26-27-28-29-30-31-32-33-34-35-36-37-38-39-40-41-42-44-46-48-50-52-54-56-58-65(68)74-63(62-73-75(69,70)72-60-59-66)61-71-64(67)57-55-53-51-49-47-45-43-18-16-14-12-10-8-6-4-2/h5,7,11-14,17-19,21-22,24-25,27-28,30-31,33-34,43,63H,3-4,6,8-10,15-16,20,23,26,29,32,35-42,44-62,66H2,1-2H3,(H,69,70)/b7-5-,13-11-,14-12-,19-17-,22-21-,25-24-,28-27-,31-30-,34-33-,43-18-. The fourth-order valence-corrected chi connectivity index (χ4v) is 8.68. The Morgan fingerprint density at radius 1 is 0.413 bits per heavy atom. The van der Waals surface area contributed by atoms with Gasteiger partial charge in [-0.3, -0.25) is 18.6 Å². The fraction of sp³-hybridized carbons (Fsp3) is 0.662. The molecule has 428 valence electrons. The number of ether oxygens (including phenoxy) is 2. The fourth-order valence-electron chi connectivity index (χ4n) is 7.92. The first-order chi connectivity index (χ1) is 36.8. The Bertz CT molecular complexity index is 1640. The Labute approximate surface area is 460 Å². The van der Waals surface area contributed by atoms with Crippen molar-refractivity contribution >= 4 is 19.8 Å². The van der Waals surface area contributed by atoms with Gasteiger partial charge in [0.1, 0.15) is 6.61 Å². The predicted molar refractivity (Wildman–Crippen MR) is 321 cm³/mol. The summed E-state index contributed by atoms with van der Waals surface area (Å²) in [6.45, 7) is 3.58. The molecule has 0 saturated heterocycles. The monoisotopic (exact) mass is 1060 g/mol. The topological polar surface area (TPSA) is 134 Å². The molecule has 0 aromatic heterocycles. The molecule has 0 radical (unpaired) electrons. The van der Waals surface area contributed by atoms with Gasteiger partial charge in [-0.2, -0.15) is 0 Å². The summed E-state index contributed by atoms with van der Waals surface area (Å²) >= 11 is 0. The molecule has 3 N–H and O–H groups in total. The van der Waals surface area contributed by atoms with Crippen molar-refractivity contribution in [3.63, 3.8) is 0 Å². The Hall–Kier alpha value is -3.59. The number of hydrogen-bond donors (Lipinski definition) is 2. The molecule has 0 aromatic rings. The van der Waals surface area contributed by atoms with E-state index < -0.39 is 32.5 Å². The van der Waals surface area contributed by atoms with Gasteiger partial charge in [-0.1, -0.05) is 245 Å². The van der Waals surface area contributed by atoms with Crippen LogP contribution in [0.3, 0.4) is 0 Å².